The number of quaternary nitrogens is 1. The van der Waals surface area contributed by atoms with E-state index in [0.29, 0.717) is 5.75 Å². The number of nitrogens with one attached hydrogen (secondary N) is 1. The summed E-state index contributed by atoms with van der Waals surface area (Å²) in [6, 6.07) is 8.16. The Morgan fingerprint density at radius 1 is 1.17 bits per heavy atom. The molecular formula is C23H31N4O2S+. The molecule has 30 heavy (non-hydrogen) atoms. The van der Waals surface area contributed by atoms with Crippen LogP contribution in [-0.4, -0.2) is 48.4 Å². The van der Waals surface area contributed by atoms with Crippen molar-refractivity contribution in [3.8, 4) is 0 Å². The number of hydrogen-bond acceptors (Lipinski definition) is 4. The van der Waals surface area contributed by atoms with Crippen molar-refractivity contribution in [3.63, 3.8) is 0 Å². The number of carbonyl (C=O) groups is 1. The molecule has 1 aromatic carbocycles. The molecule has 6 nitrogen and oxygen atoms in total. The molecule has 4 rings (SSSR count). The van der Waals surface area contributed by atoms with Crippen LogP contribution in [0.4, 0.5) is 5.69 Å². The lowest BCUT2D eigenvalue weighted by Crippen LogP contribution is -3.05. The zero-order valence-electron chi connectivity index (χ0n) is 17.9. The van der Waals surface area contributed by atoms with Gasteiger partial charge in [0.2, 0.25) is 5.91 Å². The number of anilines is 1. The second-order valence-corrected chi connectivity index (χ2v) is 9.47. The predicted octanol–water partition coefficient (Wildman–Crippen LogP) is 1.34. The molecule has 1 N–H and O–H groups in total. The molecule has 0 radical (unpaired) electrons. The molecule has 160 valence electrons. The third-order valence-electron chi connectivity index (χ3n) is 6.00. The Bertz CT molecular complexity index is 986. The summed E-state index contributed by atoms with van der Waals surface area (Å²) in [5, 5.41) is 0.764. The minimum absolute atomic E-state index is 0.0961. The van der Waals surface area contributed by atoms with Gasteiger partial charge in [-0.05, 0) is 43.7 Å². The van der Waals surface area contributed by atoms with Gasteiger partial charge in [-0.15, -0.1) is 0 Å². The highest BCUT2D eigenvalue weighted by Gasteiger charge is 2.25. The number of aryl methyl sites for hydroxylation is 1. The molecule has 0 saturated carbocycles. The van der Waals surface area contributed by atoms with E-state index in [1.807, 2.05) is 27.7 Å². The Kier molecular flexibility index (Phi) is 6.58. The zero-order valence-corrected chi connectivity index (χ0v) is 18.8. The van der Waals surface area contributed by atoms with E-state index in [1.165, 1.54) is 27.8 Å². The highest BCUT2D eigenvalue weighted by atomic mass is 32.2. The predicted molar refractivity (Wildman–Crippen MR) is 121 cm³/mol. The summed E-state index contributed by atoms with van der Waals surface area (Å²) in [5.74, 6) is 0.417. The maximum absolute atomic E-state index is 13.0. The van der Waals surface area contributed by atoms with E-state index in [9.17, 15) is 9.59 Å². The molecular weight excluding hydrogens is 396 g/mol. The van der Waals surface area contributed by atoms with Crippen molar-refractivity contribution < 1.29 is 9.69 Å². The van der Waals surface area contributed by atoms with Crippen molar-refractivity contribution in [2.45, 2.75) is 50.1 Å². The average Bonchev–Trinajstić information content (AvgIpc) is 3.23. The van der Waals surface area contributed by atoms with Gasteiger partial charge in [0.15, 0.2) is 0 Å². The van der Waals surface area contributed by atoms with Crippen LogP contribution < -0.4 is 15.5 Å². The summed E-state index contributed by atoms with van der Waals surface area (Å²) in [6.07, 6.45) is 5.92. The first-order valence-corrected chi connectivity index (χ1v) is 12.0. The zero-order chi connectivity index (χ0) is 21.1. The molecule has 2 aliphatic rings. The molecule has 1 aliphatic heterocycles. The Morgan fingerprint density at radius 2 is 2.00 bits per heavy atom. The maximum atomic E-state index is 13.0. The fraction of sp³-hybridized carbons (Fsp3) is 0.522. The van der Waals surface area contributed by atoms with E-state index in [2.05, 4.69) is 25.1 Å². The second-order valence-electron chi connectivity index (χ2n) is 8.51. The van der Waals surface area contributed by atoms with Gasteiger partial charge in [0, 0.05) is 36.5 Å². The number of rotatable bonds is 7. The van der Waals surface area contributed by atoms with E-state index in [4.69, 9.17) is 0 Å². The molecule has 0 fully saturated rings. The van der Waals surface area contributed by atoms with Gasteiger partial charge in [-0.2, -0.15) is 4.98 Å². The standard InChI is InChI=1S/C23H30N4O2S/c1-25(2)13-7-15-27-20-12-5-10-18(20)22(24-23(27)29)30-16-21(28)26-14-6-9-17-8-3-4-11-19(17)26/h3-4,8,11H,5-7,9-10,12-16H2,1-2H3/p+1. The fourth-order valence-electron chi connectivity index (χ4n) is 4.53. The second kappa shape index (κ2) is 9.35. The van der Waals surface area contributed by atoms with Crippen molar-refractivity contribution >= 4 is 23.4 Å². The minimum atomic E-state index is -0.164. The van der Waals surface area contributed by atoms with Crippen molar-refractivity contribution in [3.05, 3.63) is 51.6 Å². The van der Waals surface area contributed by atoms with Gasteiger partial charge in [-0.1, -0.05) is 30.0 Å². The molecule has 0 unspecified atom stereocenters. The lowest BCUT2D eigenvalue weighted by atomic mass is 10.0. The first kappa shape index (κ1) is 21.1. The number of nitrogens with zero attached hydrogens (tertiary/aromatic N) is 3. The first-order valence-electron chi connectivity index (χ1n) is 11.0. The molecule has 0 saturated heterocycles. The van der Waals surface area contributed by atoms with Crippen LogP contribution in [0.2, 0.25) is 0 Å². The first-order chi connectivity index (χ1) is 14.5. The van der Waals surface area contributed by atoms with Crippen LogP contribution in [0, 0.1) is 0 Å². The molecule has 7 heteroatoms. The molecule has 0 atom stereocenters. The molecule has 2 heterocycles. The van der Waals surface area contributed by atoms with Gasteiger partial charge < -0.3 is 9.80 Å². The number of benzene rings is 1. The summed E-state index contributed by atoms with van der Waals surface area (Å²) in [5.41, 5.74) is 4.43. The number of thioether (sulfide) groups is 1. The van der Waals surface area contributed by atoms with Crippen LogP contribution >= 0.6 is 11.8 Å². The van der Waals surface area contributed by atoms with Crippen molar-refractivity contribution in [1.82, 2.24) is 9.55 Å². The molecule has 2 aromatic rings. The van der Waals surface area contributed by atoms with Crippen molar-refractivity contribution in [2.75, 3.05) is 37.8 Å². The number of carbonyl (C=O) groups excluding carboxylic acids is 1. The Morgan fingerprint density at radius 3 is 2.83 bits per heavy atom. The van der Waals surface area contributed by atoms with Gasteiger partial charge in [0.1, 0.15) is 5.03 Å². The van der Waals surface area contributed by atoms with Crippen LogP contribution in [0.3, 0.4) is 0 Å². The Balaban J connectivity index is 1.48. The largest absolute Gasteiger partial charge is 0.348 e. The minimum Gasteiger partial charge on any atom is -0.340 e. The van der Waals surface area contributed by atoms with E-state index in [1.54, 1.807) is 0 Å². The molecule has 1 amide bonds. The van der Waals surface area contributed by atoms with E-state index < -0.39 is 0 Å². The lowest BCUT2D eigenvalue weighted by molar-refractivity contribution is -0.858. The lowest BCUT2D eigenvalue weighted by Gasteiger charge is -2.29. The quantitative estimate of drug-likeness (QED) is 0.535. The van der Waals surface area contributed by atoms with Gasteiger partial charge in [0.25, 0.3) is 0 Å². The van der Waals surface area contributed by atoms with Gasteiger partial charge in [0.05, 0.1) is 26.4 Å². The number of amides is 1. The van der Waals surface area contributed by atoms with Crippen LogP contribution in [0.25, 0.3) is 0 Å². The highest BCUT2D eigenvalue weighted by Crippen LogP contribution is 2.31. The van der Waals surface area contributed by atoms with E-state index >= 15 is 0 Å². The molecule has 0 bridgehead atoms. The number of para-hydroxylation sites is 1. The summed E-state index contributed by atoms with van der Waals surface area (Å²) >= 11 is 1.43. The summed E-state index contributed by atoms with van der Waals surface area (Å²) in [7, 11) is 4.26. The monoisotopic (exact) mass is 427 g/mol. The van der Waals surface area contributed by atoms with Crippen molar-refractivity contribution in [1.29, 1.82) is 0 Å². The van der Waals surface area contributed by atoms with Gasteiger partial charge >= 0.3 is 5.69 Å². The molecule has 1 aromatic heterocycles. The van der Waals surface area contributed by atoms with Crippen LogP contribution in [0.1, 0.15) is 36.1 Å². The normalized spacial score (nSPS) is 15.4. The van der Waals surface area contributed by atoms with E-state index in [0.717, 1.165) is 74.6 Å². The third kappa shape index (κ3) is 4.47. The van der Waals surface area contributed by atoms with Crippen LogP contribution in [0.15, 0.2) is 34.1 Å². The van der Waals surface area contributed by atoms with Crippen molar-refractivity contribution in [2.24, 2.45) is 0 Å². The summed E-state index contributed by atoms with van der Waals surface area (Å²) in [6.45, 7) is 2.52. The number of fused-ring (bicyclic) bond motifs is 2. The van der Waals surface area contributed by atoms with Crippen LogP contribution in [-0.2, 0) is 30.6 Å². The Labute approximate surface area is 182 Å². The highest BCUT2D eigenvalue weighted by molar-refractivity contribution is 8.00. The van der Waals surface area contributed by atoms with Gasteiger partial charge in [-0.25, -0.2) is 4.79 Å². The van der Waals surface area contributed by atoms with Crippen LogP contribution in [0.5, 0.6) is 0 Å². The van der Waals surface area contributed by atoms with E-state index in [-0.39, 0.29) is 11.6 Å². The SMILES string of the molecule is C[NH+](C)CCCn1c2c(c(SCC(=O)N3CCCc4ccccc43)nc1=O)CCC2. The average molecular weight is 428 g/mol. The smallest absolute Gasteiger partial charge is 0.340 e. The third-order valence-corrected chi connectivity index (χ3v) is 7.01. The summed E-state index contributed by atoms with van der Waals surface area (Å²) < 4.78 is 1.87. The Hall–Kier alpha value is -2.12. The summed E-state index contributed by atoms with van der Waals surface area (Å²) in [4.78, 5) is 33.4. The maximum Gasteiger partial charge on any atom is 0.348 e. The van der Waals surface area contributed by atoms with Gasteiger partial charge in [-0.3, -0.25) is 9.36 Å². The molecule has 1 aliphatic carbocycles. The molecule has 0 spiro atoms. The number of aromatic nitrogens is 2. The number of hydrogen-bond donors (Lipinski definition) is 1. The topological polar surface area (TPSA) is 59.6 Å². The fourth-order valence-corrected chi connectivity index (χ4v) is 5.48.